The van der Waals surface area contributed by atoms with E-state index in [1.165, 1.54) is 0 Å². The molecule has 1 amide bonds. The summed E-state index contributed by atoms with van der Waals surface area (Å²) in [7, 11) is 0. The maximum Gasteiger partial charge on any atom is 0.253 e. The summed E-state index contributed by atoms with van der Waals surface area (Å²) in [6, 6.07) is 5.95. The van der Waals surface area contributed by atoms with Gasteiger partial charge < -0.3 is 15.8 Å². The number of nitrogens with zero attached hydrogens (tertiary/aromatic N) is 2. The van der Waals surface area contributed by atoms with Gasteiger partial charge in [-0.05, 0) is 75.8 Å². The van der Waals surface area contributed by atoms with Crippen molar-refractivity contribution in [2.24, 2.45) is 5.73 Å². The summed E-state index contributed by atoms with van der Waals surface area (Å²) < 4.78 is 6.08. The van der Waals surface area contributed by atoms with Gasteiger partial charge in [-0.1, -0.05) is 0 Å². The van der Waals surface area contributed by atoms with Crippen molar-refractivity contribution < 1.29 is 9.53 Å². The first-order valence-electron chi connectivity index (χ1n) is 9.69. The van der Waals surface area contributed by atoms with Crippen LogP contribution in [0.2, 0.25) is 0 Å². The molecule has 1 fully saturated rings. The number of hydrogen-bond acceptors (Lipinski definition) is 5. The van der Waals surface area contributed by atoms with Crippen LogP contribution in [0.3, 0.4) is 0 Å². The molecule has 0 unspecified atom stereocenters. The number of hydrogen-bond donors (Lipinski definition) is 2. The summed E-state index contributed by atoms with van der Waals surface area (Å²) in [6.07, 6.45) is 10.8. The lowest BCUT2D eigenvalue weighted by atomic mass is 9.92. The van der Waals surface area contributed by atoms with E-state index in [4.69, 9.17) is 10.5 Å². The van der Waals surface area contributed by atoms with Gasteiger partial charge in [0, 0.05) is 24.6 Å². The number of nitrogens with one attached hydrogen (secondary N) is 1. The van der Waals surface area contributed by atoms with Crippen molar-refractivity contribution in [3.05, 3.63) is 53.6 Å². The Morgan fingerprint density at radius 3 is 2.85 bits per heavy atom. The van der Waals surface area contributed by atoms with Crippen LogP contribution in [0.1, 0.15) is 53.7 Å². The highest BCUT2D eigenvalue weighted by molar-refractivity contribution is 5.94. The maximum atomic E-state index is 12.5. The van der Waals surface area contributed by atoms with E-state index in [-0.39, 0.29) is 18.1 Å². The second kappa shape index (κ2) is 9.46. The minimum atomic E-state index is -0.0513. The number of rotatable bonds is 7. The molecule has 2 aromatic heterocycles. The molecule has 0 aromatic carbocycles. The number of carbonyl (C=O) groups excluding carboxylic acids is 1. The highest BCUT2D eigenvalue weighted by atomic mass is 16.5. The lowest BCUT2D eigenvalue weighted by molar-refractivity contribution is 0.0892. The molecule has 3 rings (SSSR count). The van der Waals surface area contributed by atoms with Crippen LogP contribution in [0.4, 0.5) is 0 Å². The predicted octanol–water partition coefficient (Wildman–Crippen LogP) is 2.80. The van der Waals surface area contributed by atoms with Crippen molar-refractivity contribution in [3.63, 3.8) is 0 Å². The second-order valence-corrected chi connectivity index (χ2v) is 7.13. The Hall–Kier alpha value is -2.47. The van der Waals surface area contributed by atoms with Crippen LogP contribution in [-0.2, 0) is 6.42 Å². The molecule has 6 nitrogen and oxygen atoms in total. The molecular formula is C21H28N4O2. The number of carbonyl (C=O) groups is 1. The van der Waals surface area contributed by atoms with Crippen LogP contribution in [-0.4, -0.2) is 34.6 Å². The Kier molecular flexibility index (Phi) is 6.76. The number of aromatic nitrogens is 2. The highest BCUT2D eigenvalue weighted by Gasteiger charge is 2.24. The predicted molar refractivity (Wildman–Crippen MR) is 105 cm³/mol. The molecular weight excluding hydrogens is 340 g/mol. The van der Waals surface area contributed by atoms with Gasteiger partial charge in [-0.15, -0.1) is 0 Å². The third kappa shape index (κ3) is 5.50. The first kappa shape index (κ1) is 19.3. The van der Waals surface area contributed by atoms with E-state index in [1.807, 2.05) is 25.1 Å². The minimum Gasteiger partial charge on any atom is -0.489 e. The Morgan fingerprint density at radius 1 is 1.30 bits per heavy atom. The normalized spacial score (nSPS) is 19.5. The fourth-order valence-electron chi connectivity index (χ4n) is 3.42. The zero-order valence-corrected chi connectivity index (χ0v) is 15.9. The number of aryl methyl sites for hydroxylation is 2. The van der Waals surface area contributed by atoms with Crippen molar-refractivity contribution in [3.8, 4) is 5.75 Å². The third-order valence-electron chi connectivity index (χ3n) is 4.99. The SMILES string of the molecule is Cc1ncccc1OC1CCC(NC(=O)c2cncc(CCCN)c2)CC1. The van der Waals surface area contributed by atoms with Gasteiger partial charge >= 0.3 is 0 Å². The summed E-state index contributed by atoms with van der Waals surface area (Å²) in [5, 5.41) is 3.14. The zero-order chi connectivity index (χ0) is 19.1. The lowest BCUT2D eigenvalue weighted by Crippen LogP contribution is -2.39. The standard InChI is InChI=1S/C21H28N4O2/c1-15-20(5-3-11-24-15)27-19-8-6-18(7-9-19)25-21(26)17-12-16(4-2-10-22)13-23-14-17/h3,5,11-14,18-19H,2,4,6-10,22H2,1H3,(H,25,26). The van der Waals surface area contributed by atoms with E-state index in [0.717, 1.165) is 55.5 Å². The zero-order valence-electron chi connectivity index (χ0n) is 15.9. The quantitative estimate of drug-likeness (QED) is 0.784. The topological polar surface area (TPSA) is 90.1 Å². The smallest absolute Gasteiger partial charge is 0.253 e. The molecule has 6 heteroatoms. The summed E-state index contributed by atoms with van der Waals surface area (Å²) in [5.74, 6) is 0.801. The van der Waals surface area contributed by atoms with Crippen LogP contribution in [0, 0.1) is 6.92 Å². The molecule has 0 radical (unpaired) electrons. The number of nitrogens with two attached hydrogens (primary N) is 1. The third-order valence-corrected chi connectivity index (χ3v) is 4.99. The van der Waals surface area contributed by atoms with Crippen LogP contribution >= 0.6 is 0 Å². The van der Waals surface area contributed by atoms with Gasteiger partial charge in [0.1, 0.15) is 5.75 Å². The summed E-state index contributed by atoms with van der Waals surface area (Å²) in [4.78, 5) is 21.0. The highest BCUT2D eigenvalue weighted by Crippen LogP contribution is 2.25. The average Bonchev–Trinajstić information content (AvgIpc) is 2.70. The monoisotopic (exact) mass is 368 g/mol. The first-order valence-corrected chi connectivity index (χ1v) is 9.69. The van der Waals surface area contributed by atoms with Gasteiger partial charge in [0.15, 0.2) is 0 Å². The van der Waals surface area contributed by atoms with E-state index >= 15 is 0 Å². The summed E-state index contributed by atoms with van der Waals surface area (Å²) >= 11 is 0. The maximum absolute atomic E-state index is 12.5. The van der Waals surface area contributed by atoms with E-state index in [2.05, 4.69) is 15.3 Å². The first-order chi connectivity index (χ1) is 13.2. The van der Waals surface area contributed by atoms with E-state index in [9.17, 15) is 4.79 Å². The molecule has 2 aromatic rings. The molecule has 1 aliphatic rings. The molecule has 1 aliphatic carbocycles. The molecule has 0 saturated heterocycles. The van der Waals surface area contributed by atoms with E-state index in [1.54, 1.807) is 18.6 Å². The van der Waals surface area contributed by atoms with E-state index in [0.29, 0.717) is 12.1 Å². The van der Waals surface area contributed by atoms with E-state index < -0.39 is 0 Å². The van der Waals surface area contributed by atoms with Crippen molar-refractivity contribution in [2.45, 2.75) is 57.6 Å². The second-order valence-electron chi connectivity index (χ2n) is 7.13. The van der Waals surface area contributed by atoms with Crippen molar-refractivity contribution in [1.29, 1.82) is 0 Å². The molecule has 0 atom stereocenters. The number of amides is 1. The molecule has 0 bridgehead atoms. The van der Waals surface area contributed by atoms with Crippen LogP contribution < -0.4 is 15.8 Å². The Morgan fingerprint density at radius 2 is 2.11 bits per heavy atom. The van der Waals surface area contributed by atoms with Crippen LogP contribution in [0.25, 0.3) is 0 Å². The van der Waals surface area contributed by atoms with Gasteiger partial charge in [-0.25, -0.2) is 0 Å². The molecule has 144 valence electrons. The van der Waals surface area contributed by atoms with Crippen LogP contribution in [0.5, 0.6) is 5.75 Å². The Bertz CT molecular complexity index is 757. The average molecular weight is 368 g/mol. The molecule has 1 saturated carbocycles. The lowest BCUT2D eigenvalue weighted by Gasteiger charge is -2.29. The van der Waals surface area contributed by atoms with Crippen molar-refractivity contribution >= 4 is 5.91 Å². The van der Waals surface area contributed by atoms with Gasteiger partial charge in [0.2, 0.25) is 0 Å². The van der Waals surface area contributed by atoms with Crippen LogP contribution in [0.15, 0.2) is 36.8 Å². The number of ether oxygens (including phenoxy) is 1. The van der Waals surface area contributed by atoms with Crippen molar-refractivity contribution in [1.82, 2.24) is 15.3 Å². The summed E-state index contributed by atoms with van der Waals surface area (Å²) in [5.41, 5.74) is 8.14. The van der Waals surface area contributed by atoms with Gasteiger partial charge in [-0.2, -0.15) is 0 Å². The fourth-order valence-corrected chi connectivity index (χ4v) is 3.42. The molecule has 0 aliphatic heterocycles. The van der Waals surface area contributed by atoms with Gasteiger partial charge in [0.05, 0.1) is 17.4 Å². The largest absolute Gasteiger partial charge is 0.489 e. The molecule has 3 N–H and O–H groups in total. The Labute approximate surface area is 160 Å². The molecule has 0 spiro atoms. The number of pyridine rings is 2. The van der Waals surface area contributed by atoms with Gasteiger partial charge in [-0.3, -0.25) is 14.8 Å². The summed E-state index contributed by atoms with van der Waals surface area (Å²) in [6.45, 7) is 2.59. The minimum absolute atomic E-state index is 0.0513. The molecule has 2 heterocycles. The Balaban J connectivity index is 1.49. The molecule has 27 heavy (non-hydrogen) atoms. The van der Waals surface area contributed by atoms with Crippen molar-refractivity contribution in [2.75, 3.05) is 6.54 Å². The van der Waals surface area contributed by atoms with Gasteiger partial charge in [0.25, 0.3) is 5.91 Å². The fraction of sp³-hybridized carbons (Fsp3) is 0.476.